The van der Waals surface area contributed by atoms with Crippen molar-refractivity contribution in [2.24, 2.45) is 0 Å². The summed E-state index contributed by atoms with van der Waals surface area (Å²) >= 11 is 3.27. The molecule has 2 heterocycles. The van der Waals surface area contributed by atoms with Crippen molar-refractivity contribution in [3.8, 4) is 17.1 Å². The number of nitrogens with two attached hydrogens (primary N) is 1. The molecule has 0 unspecified atom stereocenters. The second-order valence-corrected chi connectivity index (χ2v) is 5.45. The van der Waals surface area contributed by atoms with Crippen molar-refractivity contribution in [3.05, 3.63) is 46.1 Å². The number of rotatable bonds is 2. The zero-order valence-corrected chi connectivity index (χ0v) is 12.8. The van der Waals surface area contributed by atoms with Gasteiger partial charge in [0.05, 0.1) is 5.56 Å². The van der Waals surface area contributed by atoms with Crippen molar-refractivity contribution < 1.29 is 8.78 Å². The van der Waals surface area contributed by atoms with Crippen LogP contribution in [-0.4, -0.2) is 25.2 Å². The first-order valence-corrected chi connectivity index (χ1v) is 6.93. The van der Waals surface area contributed by atoms with E-state index in [9.17, 15) is 8.78 Å². The van der Waals surface area contributed by atoms with Gasteiger partial charge in [0.25, 0.3) is 0 Å². The first kappa shape index (κ1) is 14.5. The third kappa shape index (κ3) is 2.33. The first-order valence-electron chi connectivity index (χ1n) is 6.13. The molecule has 0 saturated heterocycles. The van der Waals surface area contributed by atoms with Crippen LogP contribution in [0, 0.1) is 18.6 Å². The van der Waals surface area contributed by atoms with Crippen molar-refractivity contribution in [2.75, 3.05) is 5.73 Å². The molecule has 0 bridgehead atoms. The van der Waals surface area contributed by atoms with Crippen LogP contribution in [0.3, 0.4) is 0 Å². The van der Waals surface area contributed by atoms with Gasteiger partial charge >= 0.3 is 0 Å². The number of anilines is 1. The molecule has 2 N–H and O–H groups in total. The third-order valence-corrected chi connectivity index (χ3v) is 3.51. The van der Waals surface area contributed by atoms with Crippen molar-refractivity contribution >= 4 is 21.7 Å². The van der Waals surface area contributed by atoms with E-state index in [1.807, 2.05) is 0 Å². The van der Waals surface area contributed by atoms with Gasteiger partial charge in [0.1, 0.15) is 11.5 Å². The molecule has 0 saturated carbocycles. The van der Waals surface area contributed by atoms with Gasteiger partial charge < -0.3 is 5.73 Å². The van der Waals surface area contributed by atoms with Gasteiger partial charge in [-0.3, -0.25) is 0 Å². The largest absolute Gasteiger partial charge is 0.383 e. The molecule has 6 nitrogen and oxygen atoms in total. The summed E-state index contributed by atoms with van der Waals surface area (Å²) in [5.74, 6) is -1.64. The summed E-state index contributed by atoms with van der Waals surface area (Å²) in [6.07, 6.45) is 1.51. The molecule has 3 rings (SSSR count). The van der Waals surface area contributed by atoms with E-state index in [-0.39, 0.29) is 22.9 Å². The number of hydrogen-bond donors (Lipinski definition) is 1. The second kappa shape index (κ2) is 5.41. The number of halogens is 3. The molecule has 0 atom stereocenters. The highest BCUT2D eigenvalue weighted by atomic mass is 79.9. The molecule has 3 aromatic rings. The van der Waals surface area contributed by atoms with E-state index in [1.165, 1.54) is 25.3 Å². The van der Waals surface area contributed by atoms with Crippen molar-refractivity contribution in [1.29, 1.82) is 0 Å². The minimum absolute atomic E-state index is 0.109. The van der Waals surface area contributed by atoms with Gasteiger partial charge in [-0.15, -0.1) is 5.10 Å². The van der Waals surface area contributed by atoms with Crippen LogP contribution in [0.2, 0.25) is 0 Å². The van der Waals surface area contributed by atoms with Gasteiger partial charge in [0.2, 0.25) is 0 Å². The summed E-state index contributed by atoms with van der Waals surface area (Å²) in [6, 6.07) is 4.49. The van der Waals surface area contributed by atoms with E-state index in [0.29, 0.717) is 10.0 Å². The fraction of sp³-hybridized carbons (Fsp3) is 0.0769. The normalized spacial score (nSPS) is 10.9. The van der Waals surface area contributed by atoms with Crippen LogP contribution in [0.15, 0.2) is 28.9 Å². The highest BCUT2D eigenvalue weighted by Gasteiger charge is 2.19. The molecule has 0 aliphatic rings. The van der Waals surface area contributed by atoms with Gasteiger partial charge in [-0.05, 0) is 51.0 Å². The SMILES string of the molecule is Cc1ccc(-n2nnnc2-c2cc(Br)cnc2N)c(F)c1F. The second-order valence-electron chi connectivity index (χ2n) is 4.53. The molecule has 22 heavy (non-hydrogen) atoms. The van der Waals surface area contributed by atoms with Gasteiger partial charge in [-0.2, -0.15) is 4.68 Å². The maximum Gasteiger partial charge on any atom is 0.190 e. The van der Waals surface area contributed by atoms with E-state index >= 15 is 0 Å². The van der Waals surface area contributed by atoms with E-state index in [2.05, 4.69) is 36.4 Å². The van der Waals surface area contributed by atoms with E-state index in [4.69, 9.17) is 5.73 Å². The lowest BCUT2D eigenvalue weighted by Crippen LogP contribution is -2.06. The molecule has 9 heteroatoms. The molecule has 0 radical (unpaired) electrons. The fourth-order valence-electron chi connectivity index (χ4n) is 1.95. The van der Waals surface area contributed by atoms with Crippen LogP contribution in [0.25, 0.3) is 17.1 Å². The van der Waals surface area contributed by atoms with Crippen LogP contribution in [0.5, 0.6) is 0 Å². The van der Waals surface area contributed by atoms with Gasteiger partial charge in [0, 0.05) is 10.7 Å². The zero-order chi connectivity index (χ0) is 15.9. The Morgan fingerprint density at radius 2 is 2.00 bits per heavy atom. The van der Waals surface area contributed by atoms with Crippen LogP contribution < -0.4 is 5.73 Å². The topological polar surface area (TPSA) is 82.5 Å². The molecular weight excluding hydrogens is 358 g/mol. The lowest BCUT2D eigenvalue weighted by Gasteiger charge is -2.09. The Balaban J connectivity index is 2.22. The van der Waals surface area contributed by atoms with Crippen LogP contribution in [-0.2, 0) is 0 Å². The average molecular weight is 367 g/mol. The Morgan fingerprint density at radius 3 is 2.77 bits per heavy atom. The average Bonchev–Trinajstić information content (AvgIpc) is 2.96. The van der Waals surface area contributed by atoms with Gasteiger partial charge in [0.15, 0.2) is 17.5 Å². The molecule has 0 amide bonds. The number of aryl methyl sites for hydroxylation is 1. The Kier molecular flexibility index (Phi) is 3.57. The quantitative estimate of drug-likeness (QED) is 0.753. The number of aromatic nitrogens is 5. The highest BCUT2D eigenvalue weighted by Crippen LogP contribution is 2.28. The summed E-state index contributed by atoms with van der Waals surface area (Å²) in [5.41, 5.74) is 6.30. The molecule has 1 aromatic carbocycles. The Hall–Kier alpha value is -2.42. The number of nitrogens with zero attached hydrogens (tertiary/aromatic N) is 5. The maximum atomic E-state index is 14.2. The van der Waals surface area contributed by atoms with Crippen molar-refractivity contribution in [3.63, 3.8) is 0 Å². The minimum Gasteiger partial charge on any atom is -0.383 e. The predicted molar refractivity (Wildman–Crippen MR) is 79.2 cm³/mol. The van der Waals surface area contributed by atoms with E-state index in [1.54, 1.807) is 6.07 Å². The lowest BCUT2D eigenvalue weighted by molar-refractivity contribution is 0.495. The summed E-state index contributed by atoms with van der Waals surface area (Å²) in [4.78, 5) is 3.98. The highest BCUT2D eigenvalue weighted by molar-refractivity contribution is 9.10. The summed E-state index contributed by atoms with van der Waals surface area (Å²) in [7, 11) is 0. The van der Waals surface area contributed by atoms with Gasteiger partial charge in [-0.1, -0.05) is 6.07 Å². The first-order chi connectivity index (χ1) is 10.5. The molecule has 0 aliphatic heterocycles. The lowest BCUT2D eigenvalue weighted by atomic mass is 10.2. The maximum absolute atomic E-state index is 14.2. The number of pyridine rings is 1. The zero-order valence-electron chi connectivity index (χ0n) is 11.3. The number of benzene rings is 1. The predicted octanol–water partition coefficient (Wildman–Crippen LogP) is 2.66. The number of nitrogen functional groups attached to an aromatic ring is 1. The molecule has 2 aromatic heterocycles. The smallest absolute Gasteiger partial charge is 0.190 e. The summed E-state index contributed by atoms with van der Waals surface area (Å²) < 4.78 is 29.6. The van der Waals surface area contributed by atoms with Crippen molar-refractivity contribution in [2.45, 2.75) is 6.92 Å². The summed E-state index contributed by atoms with van der Waals surface area (Å²) in [5, 5.41) is 11.1. The van der Waals surface area contributed by atoms with Crippen LogP contribution >= 0.6 is 15.9 Å². The Labute approximate surface area is 132 Å². The molecule has 112 valence electrons. The van der Waals surface area contributed by atoms with Crippen LogP contribution in [0.1, 0.15) is 5.56 Å². The minimum atomic E-state index is -1.03. The van der Waals surface area contributed by atoms with E-state index < -0.39 is 11.6 Å². The van der Waals surface area contributed by atoms with E-state index in [0.717, 1.165) is 4.68 Å². The Bertz CT molecular complexity index is 864. The summed E-state index contributed by atoms with van der Waals surface area (Å²) in [6.45, 7) is 1.47. The number of tetrazole rings is 1. The molecular formula is C13H9BrF2N6. The Morgan fingerprint density at radius 1 is 1.23 bits per heavy atom. The molecule has 0 fully saturated rings. The van der Waals surface area contributed by atoms with Crippen molar-refractivity contribution in [1.82, 2.24) is 25.2 Å². The third-order valence-electron chi connectivity index (χ3n) is 3.08. The van der Waals surface area contributed by atoms with Gasteiger partial charge in [-0.25, -0.2) is 13.8 Å². The fourth-order valence-corrected chi connectivity index (χ4v) is 2.28. The standard InChI is InChI=1S/C13H9BrF2N6/c1-6-2-3-9(11(16)10(6)15)22-13(19-20-21-22)8-4-7(14)5-18-12(8)17/h2-5H,1H3,(H2,17,18). The molecule has 0 spiro atoms. The monoisotopic (exact) mass is 366 g/mol. The molecule has 0 aliphatic carbocycles. The number of hydrogen-bond acceptors (Lipinski definition) is 5. The van der Waals surface area contributed by atoms with Crippen LogP contribution in [0.4, 0.5) is 14.6 Å².